The van der Waals surface area contributed by atoms with E-state index in [4.69, 9.17) is 4.42 Å². The van der Waals surface area contributed by atoms with Gasteiger partial charge < -0.3 is 14.2 Å². The number of hydrogen-bond donors (Lipinski definition) is 0. The molecule has 5 nitrogen and oxygen atoms in total. The third-order valence-electron chi connectivity index (χ3n) is 4.23. The summed E-state index contributed by atoms with van der Waals surface area (Å²) in [6, 6.07) is 10.6. The summed E-state index contributed by atoms with van der Waals surface area (Å²) in [4.78, 5) is 12.4. The van der Waals surface area contributed by atoms with Crippen molar-refractivity contribution < 1.29 is 17.6 Å². The van der Waals surface area contributed by atoms with E-state index >= 15 is 0 Å². The van der Waals surface area contributed by atoms with Crippen molar-refractivity contribution in [2.24, 2.45) is 0 Å². The molecular formula is C17H15F3N4O. The van der Waals surface area contributed by atoms with E-state index in [1.807, 2.05) is 34.1 Å². The van der Waals surface area contributed by atoms with Crippen molar-refractivity contribution >= 4 is 22.9 Å². The minimum absolute atomic E-state index is 0.546. The summed E-state index contributed by atoms with van der Waals surface area (Å²) >= 11 is 0. The topological polar surface area (TPSA) is 45.4 Å². The van der Waals surface area contributed by atoms with Crippen LogP contribution in [0, 0.1) is 0 Å². The van der Waals surface area contributed by atoms with Crippen LogP contribution in [0.5, 0.6) is 0 Å². The third kappa shape index (κ3) is 3.11. The molecule has 1 aromatic carbocycles. The molecule has 1 fully saturated rings. The Kier molecular flexibility index (Phi) is 3.74. The molecule has 0 radical (unpaired) electrons. The molecule has 0 atom stereocenters. The summed E-state index contributed by atoms with van der Waals surface area (Å²) in [7, 11) is 0. The largest absolute Gasteiger partial charge is 0.423 e. The van der Waals surface area contributed by atoms with Crippen LogP contribution in [0.3, 0.4) is 0 Å². The molecule has 1 saturated heterocycles. The van der Waals surface area contributed by atoms with Gasteiger partial charge in [-0.2, -0.15) is 18.2 Å². The number of benzene rings is 1. The van der Waals surface area contributed by atoms with Gasteiger partial charge in [0.25, 0.3) is 6.01 Å². The van der Waals surface area contributed by atoms with Gasteiger partial charge in [-0.3, -0.25) is 0 Å². The molecule has 0 spiro atoms. The molecule has 1 aliphatic heterocycles. The lowest BCUT2D eigenvalue weighted by Gasteiger charge is -2.34. The van der Waals surface area contributed by atoms with Gasteiger partial charge in [0.2, 0.25) is 0 Å². The molecule has 25 heavy (non-hydrogen) atoms. The molecule has 0 saturated carbocycles. The molecule has 130 valence electrons. The number of fused-ring (bicyclic) bond motifs is 1. The minimum Gasteiger partial charge on any atom is -0.423 e. The fourth-order valence-electron chi connectivity index (χ4n) is 2.86. The molecule has 8 heteroatoms. The first-order chi connectivity index (χ1) is 12.0. The highest BCUT2D eigenvalue weighted by atomic mass is 19.4. The van der Waals surface area contributed by atoms with E-state index in [1.165, 1.54) is 6.07 Å². The van der Waals surface area contributed by atoms with Gasteiger partial charge in [-0.1, -0.05) is 12.1 Å². The molecular weight excluding hydrogens is 333 g/mol. The van der Waals surface area contributed by atoms with Crippen LogP contribution in [-0.4, -0.2) is 36.1 Å². The van der Waals surface area contributed by atoms with Crippen molar-refractivity contribution in [1.82, 2.24) is 9.97 Å². The SMILES string of the molecule is FC(F)(F)c1ccc(N2CCN(c3nc4ccccc4o3)CC2)nc1. The lowest BCUT2D eigenvalue weighted by molar-refractivity contribution is -0.137. The number of alkyl halides is 3. The van der Waals surface area contributed by atoms with Gasteiger partial charge in [-0.25, -0.2) is 4.98 Å². The van der Waals surface area contributed by atoms with Crippen LogP contribution in [-0.2, 0) is 6.18 Å². The maximum atomic E-state index is 12.6. The van der Waals surface area contributed by atoms with Gasteiger partial charge >= 0.3 is 6.18 Å². The Bertz CT molecular complexity index is 834. The summed E-state index contributed by atoms with van der Waals surface area (Å²) < 4.78 is 43.6. The van der Waals surface area contributed by atoms with Gasteiger partial charge in [0.15, 0.2) is 5.58 Å². The molecule has 3 heterocycles. The van der Waals surface area contributed by atoms with E-state index in [1.54, 1.807) is 0 Å². The number of piperazine rings is 1. The molecule has 0 bridgehead atoms. The number of nitrogens with zero attached hydrogens (tertiary/aromatic N) is 4. The summed E-state index contributed by atoms with van der Waals surface area (Å²) in [5, 5.41) is 0. The van der Waals surface area contributed by atoms with E-state index in [0.29, 0.717) is 38.0 Å². The Labute approximate surface area is 141 Å². The first-order valence-corrected chi connectivity index (χ1v) is 7.89. The van der Waals surface area contributed by atoms with Crippen molar-refractivity contribution in [3.05, 3.63) is 48.2 Å². The first-order valence-electron chi connectivity index (χ1n) is 7.89. The van der Waals surface area contributed by atoms with Crippen LogP contribution in [0.15, 0.2) is 47.0 Å². The van der Waals surface area contributed by atoms with Crippen molar-refractivity contribution in [3.63, 3.8) is 0 Å². The third-order valence-corrected chi connectivity index (χ3v) is 4.23. The van der Waals surface area contributed by atoms with E-state index in [-0.39, 0.29) is 0 Å². The van der Waals surface area contributed by atoms with Crippen molar-refractivity contribution in [1.29, 1.82) is 0 Å². The zero-order valence-electron chi connectivity index (χ0n) is 13.2. The van der Waals surface area contributed by atoms with Gasteiger partial charge in [-0.05, 0) is 24.3 Å². The maximum absolute atomic E-state index is 12.6. The minimum atomic E-state index is -4.36. The van der Waals surface area contributed by atoms with E-state index in [2.05, 4.69) is 9.97 Å². The second-order valence-corrected chi connectivity index (χ2v) is 5.84. The number of halogens is 3. The lowest BCUT2D eigenvalue weighted by atomic mass is 10.2. The van der Waals surface area contributed by atoms with Gasteiger partial charge in [0.05, 0.1) is 5.56 Å². The van der Waals surface area contributed by atoms with Crippen LogP contribution in [0.1, 0.15) is 5.56 Å². The highest BCUT2D eigenvalue weighted by Crippen LogP contribution is 2.30. The number of aromatic nitrogens is 2. The summed E-state index contributed by atoms with van der Waals surface area (Å²) in [6.07, 6.45) is -3.49. The molecule has 1 aliphatic rings. The lowest BCUT2D eigenvalue weighted by Crippen LogP contribution is -2.47. The van der Waals surface area contributed by atoms with Crippen molar-refractivity contribution in [2.75, 3.05) is 36.0 Å². The smallest absolute Gasteiger partial charge is 0.417 e. The van der Waals surface area contributed by atoms with Gasteiger partial charge in [-0.15, -0.1) is 0 Å². The predicted octanol–water partition coefficient (Wildman–Crippen LogP) is 3.57. The van der Waals surface area contributed by atoms with E-state index in [9.17, 15) is 13.2 Å². The van der Waals surface area contributed by atoms with Crippen molar-refractivity contribution in [2.45, 2.75) is 6.18 Å². The first kappa shape index (κ1) is 15.7. The molecule has 0 amide bonds. The average Bonchev–Trinajstić information content (AvgIpc) is 3.05. The second-order valence-electron chi connectivity index (χ2n) is 5.84. The highest BCUT2D eigenvalue weighted by molar-refractivity contribution is 5.74. The number of rotatable bonds is 2. The van der Waals surface area contributed by atoms with Gasteiger partial charge in [0.1, 0.15) is 11.3 Å². The number of hydrogen-bond acceptors (Lipinski definition) is 5. The monoisotopic (exact) mass is 348 g/mol. The highest BCUT2D eigenvalue weighted by Gasteiger charge is 2.31. The fourth-order valence-corrected chi connectivity index (χ4v) is 2.86. The molecule has 2 aromatic heterocycles. The van der Waals surface area contributed by atoms with Crippen LogP contribution >= 0.6 is 0 Å². The normalized spacial score (nSPS) is 15.8. The number of anilines is 2. The average molecular weight is 348 g/mol. The van der Waals surface area contributed by atoms with Crippen LogP contribution < -0.4 is 9.80 Å². The summed E-state index contributed by atoms with van der Waals surface area (Å²) in [6.45, 7) is 2.60. The summed E-state index contributed by atoms with van der Waals surface area (Å²) in [5.41, 5.74) is 0.815. The molecule has 4 rings (SSSR count). The van der Waals surface area contributed by atoms with E-state index < -0.39 is 11.7 Å². The molecule has 0 aliphatic carbocycles. The predicted molar refractivity (Wildman–Crippen MR) is 87.7 cm³/mol. The Morgan fingerprint density at radius 1 is 0.920 bits per heavy atom. The number of oxazole rings is 1. The van der Waals surface area contributed by atoms with E-state index in [0.717, 1.165) is 23.4 Å². The number of para-hydroxylation sites is 2. The Morgan fingerprint density at radius 2 is 1.64 bits per heavy atom. The summed E-state index contributed by atoms with van der Waals surface area (Å²) in [5.74, 6) is 0.546. The van der Waals surface area contributed by atoms with Crippen LogP contribution in [0.25, 0.3) is 11.1 Å². The zero-order valence-corrected chi connectivity index (χ0v) is 13.2. The number of pyridine rings is 1. The Morgan fingerprint density at radius 3 is 2.28 bits per heavy atom. The maximum Gasteiger partial charge on any atom is 0.417 e. The fraction of sp³-hybridized carbons (Fsp3) is 0.294. The van der Waals surface area contributed by atoms with Gasteiger partial charge in [0, 0.05) is 32.4 Å². The zero-order chi connectivity index (χ0) is 17.4. The van der Waals surface area contributed by atoms with Crippen LogP contribution in [0.4, 0.5) is 25.0 Å². The van der Waals surface area contributed by atoms with Crippen LogP contribution in [0.2, 0.25) is 0 Å². The Hall–Kier alpha value is -2.77. The molecule has 0 N–H and O–H groups in total. The molecule has 3 aromatic rings. The quantitative estimate of drug-likeness (QED) is 0.708. The Balaban J connectivity index is 1.44. The standard InChI is InChI=1S/C17H15F3N4O/c18-17(19,20)12-5-6-15(21-11-12)23-7-9-24(10-8-23)16-22-13-3-1-2-4-14(13)25-16/h1-6,11H,7-10H2. The second kappa shape index (κ2) is 5.94. The van der Waals surface area contributed by atoms with Crippen molar-refractivity contribution in [3.8, 4) is 0 Å². The molecule has 0 unspecified atom stereocenters.